The molecule has 0 spiro atoms. The van der Waals surface area contributed by atoms with E-state index in [1.54, 1.807) is 0 Å². The largest absolute Gasteiger partial charge is 0.470 e. The van der Waals surface area contributed by atoms with Crippen molar-refractivity contribution >= 4 is 11.5 Å². The fourth-order valence-corrected chi connectivity index (χ4v) is 3.01. The lowest BCUT2D eigenvalue weighted by Gasteiger charge is -2.32. The first kappa shape index (κ1) is 14.1. The highest BCUT2D eigenvalue weighted by Crippen LogP contribution is 2.39. The number of para-hydroxylation sites is 1. The molecule has 1 aromatic rings. The second-order valence-corrected chi connectivity index (χ2v) is 5.53. The van der Waals surface area contributed by atoms with E-state index in [9.17, 15) is 4.79 Å². The minimum atomic E-state index is -0.256. The summed E-state index contributed by atoms with van der Waals surface area (Å²) in [5.74, 6) is 0.663. The normalized spacial score (nSPS) is 23.7. The first-order chi connectivity index (χ1) is 10.3. The topological polar surface area (TPSA) is 38.8 Å². The van der Waals surface area contributed by atoms with Crippen molar-refractivity contribution in [2.75, 3.05) is 19.7 Å². The van der Waals surface area contributed by atoms with Gasteiger partial charge in [-0.2, -0.15) is 0 Å². The standard InChI is InChI=1S/C17H21NO3/c1-13(19)20-12-9-15-14-7-3-4-8-16(14)21-17(15)18-10-5-2-6-11-18/h3-4,7-9,17H,2,5-6,10-12H2,1H3/b15-9-. The van der Waals surface area contributed by atoms with E-state index >= 15 is 0 Å². The molecule has 0 aromatic heterocycles. The van der Waals surface area contributed by atoms with Crippen LogP contribution in [0.3, 0.4) is 0 Å². The van der Waals surface area contributed by atoms with Crippen LogP contribution in [0.25, 0.3) is 5.57 Å². The molecule has 2 aliphatic rings. The summed E-state index contributed by atoms with van der Waals surface area (Å²) in [4.78, 5) is 13.3. The van der Waals surface area contributed by atoms with Gasteiger partial charge in [0, 0.05) is 31.1 Å². The van der Waals surface area contributed by atoms with Gasteiger partial charge in [-0.25, -0.2) is 0 Å². The average molecular weight is 287 g/mol. The smallest absolute Gasteiger partial charge is 0.302 e. The van der Waals surface area contributed by atoms with E-state index < -0.39 is 0 Å². The van der Waals surface area contributed by atoms with Crippen LogP contribution in [0.1, 0.15) is 31.7 Å². The Balaban J connectivity index is 1.83. The van der Waals surface area contributed by atoms with Crippen LogP contribution in [0.5, 0.6) is 5.75 Å². The molecule has 1 fully saturated rings. The maximum absolute atomic E-state index is 11.0. The van der Waals surface area contributed by atoms with Gasteiger partial charge in [-0.05, 0) is 25.0 Å². The Morgan fingerprint density at radius 3 is 2.86 bits per heavy atom. The molecule has 0 bridgehead atoms. The third kappa shape index (κ3) is 3.10. The van der Waals surface area contributed by atoms with Crippen LogP contribution in [-0.2, 0) is 9.53 Å². The molecule has 21 heavy (non-hydrogen) atoms. The number of ether oxygens (including phenoxy) is 2. The Bertz CT molecular complexity index is 547. The lowest BCUT2D eigenvalue weighted by Crippen LogP contribution is -2.41. The van der Waals surface area contributed by atoms with Gasteiger partial charge in [-0.15, -0.1) is 0 Å². The molecule has 1 unspecified atom stereocenters. The van der Waals surface area contributed by atoms with Crippen molar-refractivity contribution in [1.29, 1.82) is 0 Å². The van der Waals surface area contributed by atoms with E-state index in [0.29, 0.717) is 6.61 Å². The average Bonchev–Trinajstić information content (AvgIpc) is 2.87. The number of rotatable bonds is 3. The Hall–Kier alpha value is -1.81. The maximum atomic E-state index is 11.0. The van der Waals surface area contributed by atoms with Crippen LogP contribution in [0.15, 0.2) is 30.3 Å². The van der Waals surface area contributed by atoms with Gasteiger partial charge in [-0.1, -0.05) is 24.6 Å². The maximum Gasteiger partial charge on any atom is 0.302 e. The van der Waals surface area contributed by atoms with E-state index in [0.717, 1.165) is 30.0 Å². The van der Waals surface area contributed by atoms with E-state index in [2.05, 4.69) is 11.0 Å². The van der Waals surface area contributed by atoms with Gasteiger partial charge < -0.3 is 9.47 Å². The molecule has 0 amide bonds. The number of carbonyl (C=O) groups is 1. The minimum absolute atomic E-state index is 0.0433. The van der Waals surface area contributed by atoms with E-state index in [-0.39, 0.29) is 12.2 Å². The van der Waals surface area contributed by atoms with Gasteiger partial charge in [0.25, 0.3) is 0 Å². The third-order valence-electron chi connectivity index (χ3n) is 4.01. The van der Waals surface area contributed by atoms with Crippen molar-refractivity contribution in [3.63, 3.8) is 0 Å². The molecule has 0 radical (unpaired) electrons. The summed E-state index contributed by atoms with van der Waals surface area (Å²) in [6, 6.07) is 8.07. The van der Waals surface area contributed by atoms with Gasteiger partial charge >= 0.3 is 5.97 Å². The molecule has 0 N–H and O–H groups in total. The highest BCUT2D eigenvalue weighted by molar-refractivity contribution is 5.77. The van der Waals surface area contributed by atoms with Gasteiger partial charge in [0.1, 0.15) is 12.4 Å². The summed E-state index contributed by atoms with van der Waals surface area (Å²) in [5.41, 5.74) is 2.23. The number of piperidine rings is 1. The van der Waals surface area contributed by atoms with Crippen LogP contribution < -0.4 is 4.74 Å². The van der Waals surface area contributed by atoms with Crippen molar-refractivity contribution < 1.29 is 14.3 Å². The summed E-state index contributed by atoms with van der Waals surface area (Å²) < 4.78 is 11.2. The fraction of sp³-hybridized carbons (Fsp3) is 0.471. The second kappa shape index (κ2) is 6.31. The number of esters is 1. The van der Waals surface area contributed by atoms with Gasteiger partial charge in [0.15, 0.2) is 6.23 Å². The summed E-state index contributed by atoms with van der Waals surface area (Å²) in [7, 11) is 0. The van der Waals surface area contributed by atoms with Crippen LogP contribution in [0, 0.1) is 0 Å². The van der Waals surface area contributed by atoms with Crippen molar-refractivity contribution in [3.8, 4) is 5.75 Å². The molecule has 0 saturated carbocycles. The number of nitrogens with zero attached hydrogens (tertiary/aromatic N) is 1. The number of hydrogen-bond donors (Lipinski definition) is 0. The van der Waals surface area contributed by atoms with Crippen LogP contribution in [-0.4, -0.2) is 36.8 Å². The molecule has 4 heteroatoms. The molecule has 2 heterocycles. The Kier molecular flexibility index (Phi) is 4.25. The van der Waals surface area contributed by atoms with Crippen molar-refractivity contribution in [2.45, 2.75) is 32.4 Å². The zero-order chi connectivity index (χ0) is 14.7. The summed E-state index contributed by atoms with van der Waals surface area (Å²) in [6.07, 6.45) is 5.66. The lowest BCUT2D eigenvalue weighted by atomic mass is 10.0. The molecule has 2 aliphatic heterocycles. The van der Waals surface area contributed by atoms with Crippen LogP contribution in [0.4, 0.5) is 0 Å². The van der Waals surface area contributed by atoms with Gasteiger partial charge in [0.2, 0.25) is 0 Å². The monoisotopic (exact) mass is 287 g/mol. The summed E-state index contributed by atoms with van der Waals surface area (Å²) in [5, 5.41) is 0. The number of hydrogen-bond acceptors (Lipinski definition) is 4. The Morgan fingerprint density at radius 2 is 2.10 bits per heavy atom. The summed E-state index contributed by atoms with van der Waals surface area (Å²) >= 11 is 0. The van der Waals surface area contributed by atoms with Crippen molar-refractivity contribution in [3.05, 3.63) is 35.9 Å². The van der Waals surface area contributed by atoms with Crippen molar-refractivity contribution in [1.82, 2.24) is 4.90 Å². The van der Waals surface area contributed by atoms with Gasteiger partial charge in [0.05, 0.1) is 0 Å². The molecule has 1 atom stereocenters. The van der Waals surface area contributed by atoms with Crippen LogP contribution >= 0.6 is 0 Å². The number of benzene rings is 1. The number of carbonyl (C=O) groups excluding carboxylic acids is 1. The van der Waals surface area contributed by atoms with E-state index in [1.165, 1.54) is 26.2 Å². The van der Waals surface area contributed by atoms with E-state index in [1.807, 2.05) is 24.3 Å². The first-order valence-corrected chi connectivity index (χ1v) is 7.59. The molecule has 112 valence electrons. The van der Waals surface area contributed by atoms with E-state index in [4.69, 9.17) is 9.47 Å². The molecule has 3 rings (SSSR count). The predicted octanol–water partition coefficient (Wildman–Crippen LogP) is 2.84. The second-order valence-electron chi connectivity index (χ2n) is 5.53. The molecule has 1 saturated heterocycles. The highest BCUT2D eigenvalue weighted by atomic mass is 16.5. The summed E-state index contributed by atoms with van der Waals surface area (Å²) in [6.45, 7) is 3.85. The molecular formula is C17H21NO3. The Labute approximate surface area is 125 Å². The number of fused-ring (bicyclic) bond motifs is 1. The van der Waals surface area contributed by atoms with Crippen molar-refractivity contribution in [2.24, 2.45) is 0 Å². The molecular weight excluding hydrogens is 266 g/mol. The van der Waals surface area contributed by atoms with Gasteiger partial charge in [-0.3, -0.25) is 9.69 Å². The lowest BCUT2D eigenvalue weighted by molar-refractivity contribution is -0.139. The number of likely N-dealkylation sites (tertiary alicyclic amines) is 1. The fourth-order valence-electron chi connectivity index (χ4n) is 3.01. The zero-order valence-corrected chi connectivity index (χ0v) is 12.4. The minimum Gasteiger partial charge on any atom is -0.470 e. The zero-order valence-electron chi connectivity index (χ0n) is 12.4. The third-order valence-corrected chi connectivity index (χ3v) is 4.01. The molecule has 4 nitrogen and oxygen atoms in total. The molecule has 0 aliphatic carbocycles. The highest BCUT2D eigenvalue weighted by Gasteiger charge is 2.33. The molecule has 1 aromatic carbocycles. The predicted molar refractivity (Wildman–Crippen MR) is 80.9 cm³/mol. The first-order valence-electron chi connectivity index (χ1n) is 7.59. The van der Waals surface area contributed by atoms with Crippen LogP contribution in [0.2, 0.25) is 0 Å². The Morgan fingerprint density at radius 1 is 1.33 bits per heavy atom. The SMILES string of the molecule is CC(=O)OC/C=C1/c2ccccc2OC1N1CCCCC1. The quantitative estimate of drug-likeness (QED) is 0.801.